The average molecular weight is 471 g/mol. The second kappa shape index (κ2) is 11.0. The molecule has 0 spiro atoms. The molecule has 3 rings (SSSR count). The van der Waals surface area contributed by atoms with E-state index in [-0.39, 0.29) is 29.5 Å². The number of nitrogens with zero attached hydrogens (tertiary/aromatic N) is 2. The first-order valence-electron chi connectivity index (χ1n) is 9.76. The number of carbonyl (C=O) groups is 1. The number of hydrogen-bond acceptors (Lipinski definition) is 5. The number of carbonyl (C=O) groups excluding carboxylic acids is 1. The Kier molecular flexibility index (Phi) is 7.82. The van der Waals surface area contributed by atoms with Crippen LogP contribution >= 0.6 is 0 Å². The van der Waals surface area contributed by atoms with Crippen molar-refractivity contribution in [1.82, 2.24) is 10.3 Å². The predicted molar refractivity (Wildman–Crippen MR) is 113 cm³/mol. The van der Waals surface area contributed by atoms with E-state index in [0.717, 1.165) is 0 Å². The highest BCUT2D eigenvalue weighted by Gasteiger charge is 2.21. The molecule has 174 valence electrons. The van der Waals surface area contributed by atoms with Crippen molar-refractivity contribution >= 4 is 12.0 Å². The third kappa shape index (κ3) is 5.69. The smallest absolute Gasteiger partial charge is 0.262 e. The van der Waals surface area contributed by atoms with Crippen LogP contribution in [-0.2, 0) is 17.9 Å². The summed E-state index contributed by atoms with van der Waals surface area (Å²) >= 11 is 0. The Balaban J connectivity index is 1.81. The highest BCUT2D eigenvalue weighted by molar-refractivity contribution is 6.01. The summed E-state index contributed by atoms with van der Waals surface area (Å²) in [6.45, 7) is -0.406. The van der Waals surface area contributed by atoms with Gasteiger partial charge in [0.1, 0.15) is 24.0 Å². The van der Waals surface area contributed by atoms with E-state index in [2.05, 4.69) is 10.3 Å². The molecule has 0 saturated heterocycles. The first kappa shape index (κ1) is 24.3. The van der Waals surface area contributed by atoms with Gasteiger partial charge in [-0.15, -0.1) is 0 Å². The molecule has 0 aliphatic heterocycles. The maximum atomic E-state index is 13.9. The standard InChI is InChI=1S/C24H17F4N3O3/c1-33-20-6-5-14(8-15(11-29)24(32)31-12-17-4-2-3-7-30-17)9-16(20)13-34-23-21(27)18(25)10-19(26)22(23)28/h2-10H,12-13H2,1H3,(H,31,32)/b15-8-. The molecule has 0 aliphatic carbocycles. The van der Waals surface area contributed by atoms with Crippen LogP contribution in [0.25, 0.3) is 6.08 Å². The fraction of sp³-hybridized carbons (Fsp3) is 0.125. The summed E-state index contributed by atoms with van der Waals surface area (Å²) in [5, 5.41) is 12.0. The minimum absolute atomic E-state index is 0.0752. The van der Waals surface area contributed by atoms with Crippen LogP contribution in [0.2, 0.25) is 0 Å². The molecule has 34 heavy (non-hydrogen) atoms. The zero-order valence-corrected chi connectivity index (χ0v) is 17.7. The van der Waals surface area contributed by atoms with Gasteiger partial charge in [0, 0.05) is 17.8 Å². The Morgan fingerprint density at radius 1 is 1.12 bits per heavy atom. The second-order valence-electron chi connectivity index (χ2n) is 6.83. The van der Waals surface area contributed by atoms with Crippen molar-refractivity contribution < 1.29 is 31.8 Å². The molecule has 0 aliphatic rings. The minimum Gasteiger partial charge on any atom is -0.496 e. The van der Waals surface area contributed by atoms with Gasteiger partial charge in [-0.05, 0) is 35.9 Å². The van der Waals surface area contributed by atoms with E-state index < -0.39 is 41.5 Å². The summed E-state index contributed by atoms with van der Waals surface area (Å²) in [7, 11) is 1.34. The SMILES string of the molecule is COc1ccc(/C=C(/C#N)C(=O)NCc2ccccn2)cc1COc1c(F)c(F)cc(F)c1F. The fourth-order valence-corrected chi connectivity index (χ4v) is 2.91. The van der Waals surface area contributed by atoms with Crippen LogP contribution in [0.3, 0.4) is 0 Å². The van der Waals surface area contributed by atoms with Gasteiger partial charge < -0.3 is 14.8 Å². The Morgan fingerprint density at radius 3 is 2.47 bits per heavy atom. The van der Waals surface area contributed by atoms with Crippen molar-refractivity contribution in [3.8, 4) is 17.6 Å². The first-order valence-corrected chi connectivity index (χ1v) is 9.76. The Morgan fingerprint density at radius 2 is 1.85 bits per heavy atom. The summed E-state index contributed by atoms with van der Waals surface area (Å²) in [6, 6.07) is 11.5. The molecule has 0 bridgehead atoms. The normalized spacial score (nSPS) is 11.0. The predicted octanol–water partition coefficient (Wildman–Crippen LogP) is 4.45. The molecule has 6 nitrogen and oxygen atoms in total. The number of amides is 1. The van der Waals surface area contributed by atoms with Gasteiger partial charge in [0.15, 0.2) is 17.4 Å². The van der Waals surface area contributed by atoms with Gasteiger partial charge in [-0.1, -0.05) is 12.1 Å². The average Bonchev–Trinajstić information content (AvgIpc) is 2.85. The lowest BCUT2D eigenvalue weighted by molar-refractivity contribution is -0.117. The molecular formula is C24H17F4N3O3. The number of rotatable bonds is 8. The van der Waals surface area contributed by atoms with Crippen LogP contribution in [0.15, 0.2) is 54.2 Å². The zero-order valence-electron chi connectivity index (χ0n) is 17.7. The molecule has 0 saturated carbocycles. The monoisotopic (exact) mass is 471 g/mol. The van der Waals surface area contributed by atoms with Gasteiger partial charge in [0.2, 0.25) is 11.6 Å². The first-order chi connectivity index (χ1) is 16.3. The number of methoxy groups -OCH3 is 1. The van der Waals surface area contributed by atoms with Crippen LogP contribution in [0.5, 0.6) is 11.5 Å². The van der Waals surface area contributed by atoms with Crippen molar-refractivity contribution in [1.29, 1.82) is 5.26 Å². The van der Waals surface area contributed by atoms with Gasteiger partial charge in [0.05, 0.1) is 19.3 Å². The zero-order chi connectivity index (χ0) is 24.7. The molecule has 10 heteroatoms. The van der Waals surface area contributed by atoms with Crippen LogP contribution in [0, 0.1) is 34.6 Å². The fourth-order valence-electron chi connectivity index (χ4n) is 2.91. The maximum Gasteiger partial charge on any atom is 0.262 e. The third-order valence-corrected chi connectivity index (χ3v) is 4.58. The molecule has 3 aromatic rings. The Hall–Kier alpha value is -4.39. The van der Waals surface area contributed by atoms with Crippen molar-refractivity contribution in [2.45, 2.75) is 13.2 Å². The van der Waals surface area contributed by atoms with Gasteiger partial charge >= 0.3 is 0 Å². The van der Waals surface area contributed by atoms with E-state index in [9.17, 15) is 27.6 Å². The van der Waals surface area contributed by atoms with E-state index in [1.54, 1.807) is 30.5 Å². The molecule has 1 N–H and O–H groups in total. The molecule has 0 atom stereocenters. The number of pyridine rings is 1. The Bertz CT molecular complexity index is 1250. The van der Waals surface area contributed by atoms with E-state index >= 15 is 0 Å². The number of benzene rings is 2. The topological polar surface area (TPSA) is 84.2 Å². The van der Waals surface area contributed by atoms with E-state index in [1.165, 1.54) is 31.4 Å². The molecule has 1 aromatic heterocycles. The number of ether oxygens (including phenoxy) is 2. The summed E-state index contributed by atoms with van der Waals surface area (Å²) in [4.78, 5) is 16.5. The number of hydrogen-bond donors (Lipinski definition) is 1. The lowest BCUT2D eigenvalue weighted by Crippen LogP contribution is -2.24. The van der Waals surface area contributed by atoms with E-state index in [0.29, 0.717) is 11.3 Å². The third-order valence-electron chi connectivity index (χ3n) is 4.58. The highest BCUT2D eigenvalue weighted by Crippen LogP contribution is 2.29. The lowest BCUT2D eigenvalue weighted by atomic mass is 10.1. The minimum atomic E-state index is -1.68. The van der Waals surface area contributed by atoms with Crippen molar-refractivity contribution in [3.05, 3.63) is 94.3 Å². The van der Waals surface area contributed by atoms with Gasteiger partial charge in [0.25, 0.3) is 5.91 Å². The van der Waals surface area contributed by atoms with Crippen LogP contribution < -0.4 is 14.8 Å². The quantitative estimate of drug-likeness (QED) is 0.227. The van der Waals surface area contributed by atoms with Gasteiger partial charge in [-0.3, -0.25) is 9.78 Å². The summed E-state index contributed by atoms with van der Waals surface area (Å²) in [5.41, 5.74) is 1.00. The molecule has 2 aromatic carbocycles. The van der Waals surface area contributed by atoms with Gasteiger partial charge in [-0.25, -0.2) is 8.78 Å². The molecular weight excluding hydrogens is 454 g/mol. The largest absolute Gasteiger partial charge is 0.496 e. The summed E-state index contributed by atoms with van der Waals surface area (Å²) < 4.78 is 64.8. The van der Waals surface area contributed by atoms with Crippen LogP contribution in [0.1, 0.15) is 16.8 Å². The summed E-state index contributed by atoms with van der Waals surface area (Å²) in [6.07, 6.45) is 2.86. The van der Waals surface area contributed by atoms with E-state index in [1.807, 2.05) is 0 Å². The Labute approximate surface area is 192 Å². The molecule has 1 amide bonds. The molecule has 1 heterocycles. The van der Waals surface area contributed by atoms with Crippen molar-refractivity contribution in [2.24, 2.45) is 0 Å². The second-order valence-corrected chi connectivity index (χ2v) is 6.83. The van der Waals surface area contributed by atoms with Crippen molar-refractivity contribution in [3.63, 3.8) is 0 Å². The highest BCUT2D eigenvalue weighted by atomic mass is 19.2. The number of aromatic nitrogens is 1. The molecule has 0 radical (unpaired) electrons. The van der Waals surface area contributed by atoms with Crippen LogP contribution in [-0.4, -0.2) is 18.0 Å². The summed E-state index contributed by atoms with van der Waals surface area (Å²) in [5.74, 6) is -8.17. The van der Waals surface area contributed by atoms with Crippen molar-refractivity contribution in [2.75, 3.05) is 7.11 Å². The lowest BCUT2D eigenvalue weighted by Gasteiger charge is -2.13. The van der Waals surface area contributed by atoms with Crippen LogP contribution in [0.4, 0.5) is 17.6 Å². The van der Waals surface area contributed by atoms with E-state index in [4.69, 9.17) is 9.47 Å². The number of nitrogens with one attached hydrogen (secondary N) is 1. The molecule has 0 unspecified atom stereocenters. The maximum absolute atomic E-state index is 13.9. The number of nitriles is 1. The van der Waals surface area contributed by atoms with Gasteiger partial charge in [-0.2, -0.15) is 14.0 Å². The number of halogens is 4. The molecule has 0 fully saturated rings.